The molecule has 1 aromatic heterocycles. The number of amides is 1. The number of aromatic nitrogens is 1. The van der Waals surface area contributed by atoms with Crippen LogP contribution in [0.3, 0.4) is 0 Å². The second-order valence-electron chi connectivity index (χ2n) is 5.96. The molecule has 2 aliphatic rings. The van der Waals surface area contributed by atoms with Crippen LogP contribution in [0.4, 0.5) is 0 Å². The van der Waals surface area contributed by atoms with Crippen LogP contribution in [-0.2, 0) is 0 Å². The molecule has 4 nitrogen and oxygen atoms in total. The van der Waals surface area contributed by atoms with Crippen molar-refractivity contribution >= 4 is 5.91 Å². The molecule has 1 amide bonds. The van der Waals surface area contributed by atoms with E-state index in [4.69, 9.17) is 0 Å². The van der Waals surface area contributed by atoms with Gasteiger partial charge in [-0.2, -0.15) is 0 Å². The third-order valence-electron chi connectivity index (χ3n) is 4.51. The van der Waals surface area contributed by atoms with Gasteiger partial charge in [-0.1, -0.05) is 6.92 Å². The fourth-order valence-electron chi connectivity index (χ4n) is 2.99. The molecule has 4 heteroatoms. The number of nitrogens with zero attached hydrogens (tertiary/aromatic N) is 1. The second-order valence-corrected chi connectivity index (χ2v) is 5.96. The Hall–Kier alpha value is -1.29. The first-order valence-electron chi connectivity index (χ1n) is 7.41. The standard InChI is InChI=1S/C15H23N3O/c1-11-9-12(11)10-17-15(19)14-3-2-8-18(14)13-4-6-16-7-5-13/h2-3,8,11-13,16H,4-7,9-10H2,1H3,(H,17,19). The maximum atomic E-state index is 12.3. The Bertz CT molecular complexity index is 448. The fourth-order valence-corrected chi connectivity index (χ4v) is 2.99. The average Bonchev–Trinajstić information content (AvgIpc) is 2.94. The third-order valence-corrected chi connectivity index (χ3v) is 4.51. The van der Waals surface area contributed by atoms with Gasteiger partial charge in [-0.15, -0.1) is 0 Å². The largest absolute Gasteiger partial charge is 0.350 e. The predicted octanol–water partition coefficient (Wildman–Crippen LogP) is 1.80. The van der Waals surface area contributed by atoms with Crippen molar-refractivity contribution in [1.29, 1.82) is 0 Å². The summed E-state index contributed by atoms with van der Waals surface area (Å²) in [6.45, 7) is 5.17. The quantitative estimate of drug-likeness (QED) is 0.868. The molecule has 1 aromatic rings. The molecule has 1 aliphatic carbocycles. The van der Waals surface area contributed by atoms with E-state index in [-0.39, 0.29) is 5.91 Å². The summed E-state index contributed by atoms with van der Waals surface area (Å²) in [6, 6.07) is 4.39. The first-order chi connectivity index (χ1) is 9.25. The molecule has 104 valence electrons. The molecule has 0 spiro atoms. The van der Waals surface area contributed by atoms with Gasteiger partial charge in [0.1, 0.15) is 5.69 Å². The maximum absolute atomic E-state index is 12.3. The maximum Gasteiger partial charge on any atom is 0.267 e. The minimum Gasteiger partial charge on any atom is -0.350 e. The molecule has 1 saturated heterocycles. The van der Waals surface area contributed by atoms with E-state index in [0.29, 0.717) is 12.0 Å². The minimum atomic E-state index is 0.0858. The SMILES string of the molecule is CC1CC1CNC(=O)c1cccn1C1CCNCC1. The van der Waals surface area contributed by atoms with E-state index in [2.05, 4.69) is 22.1 Å². The zero-order valence-corrected chi connectivity index (χ0v) is 11.6. The fraction of sp³-hybridized carbons (Fsp3) is 0.667. The van der Waals surface area contributed by atoms with Gasteiger partial charge >= 0.3 is 0 Å². The van der Waals surface area contributed by atoms with Crippen LogP contribution in [0.15, 0.2) is 18.3 Å². The first-order valence-corrected chi connectivity index (χ1v) is 7.41. The molecule has 1 saturated carbocycles. The van der Waals surface area contributed by atoms with Gasteiger partial charge in [0, 0.05) is 18.8 Å². The lowest BCUT2D eigenvalue weighted by atomic mass is 10.1. The summed E-state index contributed by atoms with van der Waals surface area (Å²) in [5.41, 5.74) is 0.820. The summed E-state index contributed by atoms with van der Waals surface area (Å²) in [6.07, 6.45) is 5.52. The zero-order valence-electron chi connectivity index (χ0n) is 11.6. The van der Waals surface area contributed by atoms with Gasteiger partial charge in [-0.05, 0) is 56.3 Å². The number of hydrogen-bond donors (Lipinski definition) is 2. The summed E-state index contributed by atoms with van der Waals surface area (Å²) in [5, 5.41) is 6.45. The Morgan fingerprint density at radius 1 is 1.47 bits per heavy atom. The van der Waals surface area contributed by atoms with Crippen LogP contribution in [0, 0.1) is 11.8 Å². The number of hydrogen-bond acceptors (Lipinski definition) is 2. The van der Waals surface area contributed by atoms with Crippen LogP contribution in [0.1, 0.15) is 42.7 Å². The predicted molar refractivity (Wildman–Crippen MR) is 75.2 cm³/mol. The highest BCUT2D eigenvalue weighted by molar-refractivity contribution is 5.92. The molecule has 0 bridgehead atoms. The van der Waals surface area contributed by atoms with Gasteiger partial charge in [0.15, 0.2) is 0 Å². The van der Waals surface area contributed by atoms with Crippen LogP contribution in [0.2, 0.25) is 0 Å². The van der Waals surface area contributed by atoms with Gasteiger partial charge < -0.3 is 15.2 Å². The zero-order chi connectivity index (χ0) is 13.2. The summed E-state index contributed by atoms with van der Waals surface area (Å²) in [4.78, 5) is 12.3. The van der Waals surface area contributed by atoms with Crippen molar-refractivity contribution in [2.75, 3.05) is 19.6 Å². The topological polar surface area (TPSA) is 46.1 Å². The Morgan fingerprint density at radius 2 is 2.21 bits per heavy atom. The third kappa shape index (κ3) is 2.84. The molecule has 19 heavy (non-hydrogen) atoms. The summed E-state index contributed by atoms with van der Waals surface area (Å²) < 4.78 is 2.16. The Kier molecular flexibility index (Phi) is 3.60. The number of carbonyl (C=O) groups is 1. The monoisotopic (exact) mass is 261 g/mol. The number of nitrogens with one attached hydrogen (secondary N) is 2. The molecule has 2 fully saturated rings. The molecule has 2 heterocycles. The Balaban J connectivity index is 1.63. The number of piperidine rings is 1. The Morgan fingerprint density at radius 3 is 2.89 bits per heavy atom. The van der Waals surface area contributed by atoms with Crippen LogP contribution >= 0.6 is 0 Å². The molecule has 3 rings (SSSR count). The van der Waals surface area contributed by atoms with Crippen LogP contribution in [0.25, 0.3) is 0 Å². The summed E-state index contributed by atoms with van der Waals surface area (Å²) in [7, 11) is 0. The molecular formula is C15H23N3O. The molecular weight excluding hydrogens is 238 g/mol. The van der Waals surface area contributed by atoms with Crippen molar-refractivity contribution in [3.63, 3.8) is 0 Å². The number of carbonyl (C=O) groups excluding carboxylic acids is 1. The summed E-state index contributed by atoms with van der Waals surface area (Å²) >= 11 is 0. The van der Waals surface area contributed by atoms with Crippen LogP contribution in [-0.4, -0.2) is 30.1 Å². The van der Waals surface area contributed by atoms with Crippen molar-refractivity contribution in [3.8, 4) is 0 Å². The van der Waals surface area contributed by atoms with E-state index >= 15 is 0 Å². The highest BCUT2D eigenvalue weighted by Gasteiger charge is 2.32. The average molecular weight is 261 g/mol. The lowest BCUT2D eigenvalue weighted by Crippen LogP contribution is -2.33. The van der Waals surface area contributed by atoms with Gasteiger partial charge in [0.2, 0.25) is 0 Å². The highest BCUT2D eigenvalue weighted by Crippen LogP contribution is 2.36. The highest BCUT2D eigenvalue weighted by atomic mass is 16.1. The molecule has 1 aliphatic heterocycles. The smallest absolute Gasteiger partial charge is 0.267 e. The molecule has 2 atom stereocenters. The molecule has 2 N–H and O–H groups in total. The van der Waals surface area contributed by atoms with Crippen LogP contribution < -0.4 is 10.6 Å². The second kappa shape index (κ2) is 5.37. The van der Waals surface area contributed by atoms with E-state index in [0.717, 1.165) is 44.1 Å². The number of rotatable bonds is 4. The normalized spacial score (nSPS) is 27.2. The summed E-state index contributed by atoms with van der Waals surface area (Å²) in [5.74, 6) is 1.57. The van der Waals surface area contributed by atoms with Crippen molar-refractivity contribution in [3.05, 3.63) is 24.0 Å². The van der Waals surface area contributed by atoms with Crippen molar-refractivity contribution in [2.24, 2.45) is 11.8 Å². The van der Waals surface area contributed by atoms with E-state index in [1.165, 1.54) is 6.42 Å². The van der Waals surface area contributed by atoms with E-state index in [1.54, 1.807) is 0 Å². The van der Waals surface area contributed by atoms with Gasteiger partial charge in [-0.3, -0.25) is 4.79 Å². The van der Waals surface area contributed by atoms with E-state index in [9.17, 15) is 4.79 Å². The van der Waals surface area contributed by atoms with E-state index in [1.807, 2.05) is 18.3 Å². The van der Waals surface area contributed by atoms with Crippen molar-refractivity contribution < 1.29 is 4.79 Å². The van der Waals surface area contributed by atoms with Crippen LogP contribution in [0.5, 0.6) is 0 Å². The lowest BCUT2D eigenvalue weighted by molar-refractivity contribution is 0.0938. The molecule has 0 radical (unpaired) electrons. The van der Waals surface area contributed by atoms with Gasteiger partial charge in [0.05, 0.1) is 0 Å². The van der Waals surface area contributed by atoms with Gasteiger partial charge in [-0.25, -0.2) is 0 Å². The molecule has 0 aromatic carbocycles. The van der Waals surface area contributed by atoms with E-state index < -0.39 is 0 Å². The van der Waals surface area contributed by atoms with Gasteiger partial charge in [0.25, 0.3) is 5.91 Å². The first kappa shape index (κ1) is 12.7. The van der Waals surface area contributed by atoms with Crippen molar-refractivity contribution in [1.82, 2.24) is 15.2 Å². The Labute approximate surface area is 114 Å². The minimum absolute atomic E-state index is 0.0858. The molecule has 2 unspecified atom stereocenters. The lowest BCUT2D eigenvalue weighted by Gasteiger charge is -2.25. The van der Waals surface area contributed by atoms with Crippen molar-refractivity contribution in [2.45, 2.75) is 32.2 Å².